The third kappa shape index (κ3) is 4.43. The molecule has 2 heterocycles. The highest BCUT2D eigenvalue weighted by Gasteiger charge is 2.13. The fourth-order valence-electron chi connectivity index (χ4n) is 2.84. The number of hydrogen-bond acceptors (Lipinski definition) is 4. The predicted molar refractivity (Wildman–Crippen MR) is 95.1 cm³/mol. The number of anilines is 2. The van der Waals surface area contributed by atoms with E-state index in [9.17, 15) is 9.18 Å². The van der Waals surface area contributed by atoms with Gasteiger partial charge in [0.25, 0.3) is 0 Å². The molecule has 132 valence electrons. The SMILES string of the molecule is Cc1c(F)cccc1NC(=O)NCc1nccc(N2CCCCC2)n1. The zero-order valence-electron chi connectivity index (χ0n) is 14.3. The number of rotatable bonds is 4. The summed E-state index contributed by atoms with van der Waals surface area (Å²) in [7, 11) is 0. The number of piperidine rings is 1. The summed E-state index contributed by atoms with van der Waals surface area (Å²) in [5.74, 6) is 1.09. The van der Waals surface area contributed by atoms with E-state index in [1.54, 1.807) is 25.3 Å². The topological polar surface area (TPSA) is 70.2 Å². The van der Waals surface area contributed by atoms with Gasteiger partial charge in [0.2, 0.25) is 0 Å². The molecule has 1 saturated heterocycles. The van der Waals surface area contributed by atoms with Crippen LogP contribution < -0.4 is 15.5 Å². The van der Waals surface area contributed by atoms with Crippen LogP contribution in [-0.4, -0.2) is 29.1 Å². The second kappa shape index (κ2) is 7.92. The van der Waals surface area contributed by atoms with E-state index in [0.717, 1.165) is 18.9 Å². The van der Waals surface area contributed by atoms with Gasteiger partial charge in [0.05, 0.1) is 6.54 Å². The molecule has 6 nitrogen and oxygen atoms in total. The van der Waals surface area contributed by atoms with Crippen molar-refractivity contribution in [2.75, 3.05) is 23.3 Å². The van der Waals surface area contributed by atoms with E-state index in [-0.39, 0.29) is 12.4 Å². The van der Waals surface area contributed by atoms with Crippen molar-refractivity contribution in [3.8, 4) is 0 Å². The first-order valence-electron chi connectivity index (χ1n) is 8.50. The van der Waals surface area contributed by atoms with E-state index in [0.29, 0.717) is 17.1 Å². The molecule has 1 aromatic carbocycles. The maximum atomic E-state index is 13.5. The molecule has 7 heteroatoms. The molecule has 2 aromatic rings. The number of nitrogens with zero attached hydrogens (tertiary/aromatic N) is 3. The number of aromatic nitrogens is 2. The van der Waals surface area contributed by atoms with Crippen LogP contribution in [0.1, 0.15) is 30.7 Å². The molecule has 1 aliphatic rings. The van der Waals surface area contributed by atoms with Crippen molar-refractivity contribution >= 4 is 17.5 Å². The molecule has 0 saturated carbocycles. The summed E-state index contributed by atoms with van der Waals surface area (Å²) in [5, 5.41) is 5.35. The molecule has 2 amide bonds. The number of amides is 2. The van der Waals surface area contributed by atoms with Crippen LogP contribution in [0.15, 0.2) is 30.5 Å². The summed E-state index contributed by atoms with van der Waals surface area (Å²) >= 11 is 0. The average Bonchev–Trinajstić information content (AvgIpc) is 2.65. The minimum Gasteiger partial charge on any atom is -0.357 e. The van der Waals surface area contributed by atoms with Crippen LogP contribution in [0.25, 0.3) is 0 Å². The molecule has 0 spiro atoms. The van der Waals surface area contributed by atoms with Gasteiger partial charge in [0, 0.05) is 30.5 Å². The number of carbonyl (C=O) groups excluding carboxylic acids is 1. The Kier molecular flexibility index (Phi) is 5.42. The predicted octanol–water partition coefficient (Wildman–Crippen LogP) is 3.24. The molecule has 1 aliphatic heterocycles. The van der Waals surface area contributed by atoms with Gasteiger partial charge in [-0.1, -0.05) is 6.07 Å². The number of benzene rings is 1. The van der Waals surface area contributed by atoms with E-state index < -0.39 is 6.03 Å². The maximum absolute atomic E-state index is 13.5. The highest BCUT2D eigenvalue weighted by atomic mass is 19.1. The molecule has 0 aliphatic carbocycles. The molecule has 0 radical (unpaired) electrons. The van der Waals surface area contributed by atoms with E-state index in [1.807, 2.05) is 6.07 Å². The number of carbonyl (C=O) groups is 1. The Labute approximate surface area is 146 Å². The first-order valence-corrected chi connectivity index (χ1v) is 8.50. The van der Waals surface area contributed by atoms with Crippen LogP contribution in [0.5, 0.6) is 0 Å². The van der Waals surface area contributed by atoms with Crippen LogP contribution in [0.2, 0.25) is 0 Å². The third-order valence-electron chi connectivity index (χ3n) is 4.29. The normalized spacial score (nSPS) is 14.2. The second-order valence-electron chi connectivity index (χ2n) is 6.10. The van der Waals surface area contributed by atoms with Gasteiger partial charge >= 0.3 is 6.03 Å². The standard InChI is InChI=1S/C18H22FN5O/c1-13-14(19)6-5-7-15(13)22-18(25)21-12-16-20-9-8-17(23-16)24-10-3-2-4-11-24/h5-9H,2-4,10-12H2,1H3,(H2,21,22,25). The summed E-state index contributed by atoms with van der Waals surface area (Å²) in [6, 6.07) is 6.05. The molecule has 25 heavy (non-hydrogen) atoms. The van der Waals surface area contributed by atoms with E-state index in [1.165, 1.54) is 25.3 Å². The Morgan fingerprint density at radius 1 is 1.24 bits per heavy atom. The van der Waals surface area contributed by atoms with Gasteiger partial charge in [-0.15, -0.1) is 0 Å². The van der Waals surface area contributed by atoms with E-state index >= 15 is 0 Å². The molecule has 1 fully saturated rings. The van der Waals surface area contributed by atoms with Crippen LogP contribution >= 0.6 is 0 Å². The summed E-state index contributed by atoms with van der Waals surface area (Å²) in [5.41, 5.74) is 0.849. The van der Waals surface area contributed by atoms with Gasteiger partial charge in [-0.25, -0.2) is 19.2 Å². The summed E-state index contributed by atoms with van der Waals surface area (Å²) < 4.78 is 13.5. The number of nitrogens with one attached hydrogen (secondary N) is 2. The van der Waals surface area contributed by atoms with Gasteiger partial charge in [-0.3, -0.25) is 0 Å². The lowest BCUT2D eigenvalue weighted by Crippen LogP contribution is -2.31. The van der Waals surface area contributed by atoms with Crippen molar-refractivity contribution in [2.45, 2.75) is 32.7 Å². The van der Waals surface area contributed by atoms with E-state index in [2.05, 4.69) is 25.5 Å². The number of hydrogen-bond donors (Lipinski definition) is 2. The van der Waals surface area contributed by atoms with Crippen LogP contribution in [0, 0.1) is 12.7 Å². The van der Waals surface area contributed by atoms with Crippen molar-refractivity contribution < 1.29 is 9.18 Å². The van der Waals surface area contributed by atoms with Gasteiger partial charge in [-0.05, 0) is 44.4 Å². The lowest BCUT2D eigenvalue weighted by Gasteiger charge is -2.27. The first kappa shape index (κ1) is 17.1. The minimum absolute atomic E-state index is 0.210. The Bertz CT molecular complexity index is 746. The molecule has 2 N–H and O–H groups in total. The van der Waals surface area contributed by atoms with Crippen LogP contribution in [0.4, 0.5) is 20.7 Å². The Hall–Kier alpha value is -2.70. The molecule has 0 bridgehead atoms. The lowest BCUT2D eigenvalue weighted by molar-refractivity contribution is 0.251. The number of urea groups is 1. The Morgan fingerprint density at radius 3 is 2.84 bits per heavy atom. The average molecular weight is 343 g/mol. The maximum Gasteiger partial charge on any atom is 0.319 e. The van der Waals surface area contributed by atoms with E-state index in [4.69, 9.17) is 0 Å². The van der Waals surface area contributed by atoms with Crippen molar-refractivity contribution in [1.82, 2.24) is 15.3 Å². The Balaban J connectivity index is 1.57. The highest BCUT2D eigenvalue weighted by molar-refractivity contribution is 5.89. The largest absolute Gasteiger partial charge is 0.357 e. The Morgan fingerprint density at radius 2 is 2.04 bits per heavy atom. The monoisotopic (exact) mass is 343 g/mol. The second-order valence-corrected chi connectivity index (χ2v) is 6.10. The number of halogens is 1. The summed E-state index contributed by atoms with van der Waals surface area (Å²) in [4.78, 5) is 23.0. The smallest absolute Gasteiger partial charge is 0.319 e. The van der Waals surface area contributed by atoms with Crippen molar-refractivity contribution in [3.63, 3.8) is 0 Å². The zero-order valence-corrected chi connectivity index (χ0v) is 14.3. The van der Waals surface area contributed by atoms with Gasteiger partial charge < -0.3 is 15.5 Å². The summed E-state index contributed by atoms with van der Waals surface area (Å²) in [6.45, 7) is 3.84. The molecular formula is C18H22FN5O. The van der Waals surface area contributed by atoms with Crippen LogP contribution in [0.3, 0.4) is 0 Å². The lowest BCUT2D eigenvalue weighted by atomic mass is 10.1. The summed E-state index contributed by atoms with van der Waals surface area (Å²) in [6.07, 6.45) is 5.32. The van der Waals surface area contributed by atoms with Gasteiger partial charge in [0.1, 0.15) is 17.5 Å². The molecule has 0 atom stereocenters. The van der Waals surface area contributed by atoms with Crippen LogP contribution in [-0.2, 0) is 6.54 Å². The quantitative estimate of drug-likeness (QED) is 0.894. The minimum atomic E-state index is -0.416. The fraction of sp³-hybridized carbons (Fsp3) is 0.389. The highest BCUT2D eigenvalue weighted by Crippen LogP contribution is 2.18. The molecule has 0 unspecified atom stereocenters. The van der Waals surface area contributed by atoms with Crippen molar-refractivity contribution in [2.24, 2.45) is 0 Å². The fourth-order valence-corrected chi connectivity index (χ4v) is 2.84. The van der Waals surface area contributed by atoms with Gasteiger partial charge in [0.15, 0.2) is 0 Å². The zero-order chi connectivity index (χ0) is 17.6. The first-order chi connectivity index (χ1) is 12.1. The van der Waals surface area contributed by atoms with Crippen molar-refractivity contribution in [1.29, 1.82) is 0 Å². The van der Waals surface area contributed by atoms with Crippen molar-refractivity contribution in [3.05, 3.63) is 47.7 Å². The van der Waals surface area contributed by atoms with Gasteiger partial charge in [-0.2, -0.15) is 0 Å². The molecular weight excluding hydrogens is 321 g/mol. The molecule has 1 aromatic heterocycles. The third-order valence-corrected chi connectivity index (χ3v) is 4.29. The molecule has 3 rings (SSSR count).